The van der Waals surface area contributed by atoms with Gasteiger partial charge in [0.15, 0.2) is 17.1 Å². The number of benzene rings is 2. The predicted octanol–water partition coefficient (Wildman–Crippen LogP) is 3.85. The van der Waals surface area contributed by atoms with Gasteiger partial charge in [-0.2, -0.15) is 9.78 Å². The van der Waals surface area contributed by atoms with Crippen molar-refractivity contribution in [2.24, 2.45) is 11.0 Å². The first-order chi connectivity index (χ1) is 17.4. The molecule has 2 aromatic heterocycles. The molecule has 0 unspecified atom stereocenters. The second-order valence-electron chi connectivity index (χ2n) is 8.60. The molecule has 1 amide bonds. The minimum Gasteiger partial charge on any atom is -0.493 e. The first-order valence-corrected chi connectivity index (χ1v) is 11.6. The fourth-order valence-corrected chi connectivity index (χ4v) is 3.85. The molecule has 4 rings (SSSR count). The van der Waals surface area contributed by atoms with E-state index in [1.165, 1.54) is 11.8 Å². The lowest BCUT2D eigenvalue weighted by Crippen LogP contribution is -2.26. The molecule has 0 aliphatic rings. The van der Waals surface area contributed by atoms with Gasteiger partial charge in [-0.15, -0.1) is 0 Å². The van der Waals surface area contributed by atoms with Crippen LogP contribution in [0.5, 0.6) is 17.2 Å². The Balaban J connectivity index is 1.83. The number of fused-ring (bicyclic) bond motifs is 2. The Morgan fingerprint density at radius 1 is 1.08 bits per heavy atom. The van der Waals surface area contributed by atoms with Gasteiger partial charge >= 0.3 is 0 Å². The molecular formula is C26H30N6O4. The molecule has 0 saturated heterocycles. The highest BCUT2D eigenvalue weighted by molar-refractivity contribution is 6.10. The number of hydrogen-bond acceptors (Lipinski definition) is 8. The minimum absolute atomic E-state index is 0.144. The van der Waals surface area contributed by atoms with E-state index in [0.29, 0.717) is 57.5 Å². The molecule has 36 heavy (non-hydrogen) atoms. The van der Waals surface area contributed by atoms with Gasteiger partial charge in [0.1, 0.15) is 16.9 Å². The lowest BCUT2D eigenvalue weighted by Gasteiger charge is -2.12. The largest absolute Gasteiger partial charge is 0.493 e. The normalized spacial score (nSPS) is 11.5. The molecule has 0 atom stereocenters. The summed E-state index contributed by atoms with van der Waals surface area (Å²) in [5.41, 5.74) is 9.47. The van der Waals surface area contributed by atoms with Crippen molar-refractivity contribution >= 4 is 40.1 Å². The first-order valence-electron chi connectivity index (χ1n) is 11.6. The number of nitrogens with two attached hydrogens (primary N) is 1. The summed E-state index contributed by atoms with van der Waals surface area (Å²) >= 11 is 0. The van der Waals surface area contributed by atoms with Gasteiger partial charge in [0.05, 0.1) is 38.6 Å². The van der Waals surface area contributed by atoms with Gasteiger partial charge in [-0.25, -0.2) is 9.97 Å². The third-order valence-corrected chi connectivity index (χ3v) is 5.72. The molecule has 0 saturated carbocycles. The summed E-state index contributed by atoms with van der Waals surface area (Å²) in [5.74, 6) is 1.73. The summed E-state index contributed by atoms with van der Waals surface area (Å²) in [6, 6.07) is 10.9. The maximum Gasteiger partial charge on any atom is 0.257 e. The lowest BCUT2D eigenvalue weighted by atomic mass is 10.1. The number of hydrogen-bond donors (Lipinski definition) is 2. The Morgan fingerprint density at radius 3 is 2.31 bits per heavy atom. The van der Waals surface area contributed by atoms with Crippen molar-refractivity contribution in [1.29, 1.82) is 0 Å². The third kappa shape index (κ3) is 4.74. The van der Waals surface area contributed by atoms with Crippen molar-refractivity contribution in [3.05, 3.63) is 47.5 Å². The Kier molecular flexibility index (Phi) is 7.23. The highest BCUT2D eigenvalue weighted by Crippen LogP contribution is 2.38. The molecule has 0 bridgehead atoms. The van der Waals surface area contributed by atoms with Crippen LogP contribution in [0.1, 0.15) is 36.2 Å². The Labute approximate surface area is 209 Å². The van der Waals surface area contributed by atoms with Crippen molar-refractivity contribution in [2.45, 2.75) is 20.3 Å². The van der Waals surface area contributed by atoms with E-state index >= 15 is 0 Å². The zero-order valence-corrected chi connectivity index (χ0v) is 21.0. The predicted molar refractivity (Wildman–Crippen MR) is 140 cm³/mol. The maximum absolute atomic E-state index is 13.2. The summed E-state index contributed by atoms with van der Waals surface area (Å²) < 4.78 is 17.7. The number of carbonyl (C=O) groups excluding carboxylic acids is 1. The van der Waals surface area contributed by atoms with Gasteiger partial charge in [0, 0.05) is 12.1 Å². The number of carbonyl (C=O) groups is 1. The molecule has 0 radical (unpaired) electrons. The topological polar surface area (TPSA) is 126 Å². The van der Waals surface area contributed by atoms with Crippen LogP contribution in [0.4, 0.5) is 5.82 Å². The number of para-hydroxylation sites is 2. The van der Waals surface area contributed by atoms with Crippen molar-refractivity contribution in [3.8, 4) is 17.2 Å². The van der Waals surface area contributed by atoms with Crippen LogP contribution in [0, 0.1) is 5.92 Å². The summed E-state index contributed by atoms with van der Waals surface area (Å²) in [5, 5.41) is 7.50. The molecule has 2 aromatic carbocycles. The third-order valence-electron chi connectivity index (χ3n) is 5.72. The van der Waals surface area contributed by atoms with E-state index in [4.69, 9.17) is 29.9 Å². The van der Waals surface area contributed by atoms with Crippen LogP contribution in [-0.4, -0.2) is 54.6 Å². The smallest absolute Gasteiger partial charge is 0.257 e. The van der Waals surface area contributed by atoms with Gasteiger partial charge < -0.3 is 25.3 Å². The van der Waals surface area contributed by atoms with Gasteiger partial charge in [-0.05, 0) is 36.6 Å². The monoisotopic (exact) mass is 490 g/mol. The molecule has 2 heterocycles. The van der Waals surface area contributed by atoms with Crippen LogP contribution in [0.15, 0.2) is 41.5 Å². The SMILES string of the molecule is COc1cc(/C=N/n2c(N)c(C(=O)NCCC(C)C)c3nc4ccccc4nc32)cc(OC)c1OC. The molecular weight excluding hydrogens is 460 g/mol. The summed E-state index contributed by atoms with van der Waals surface area (Å²) in [6.07, 6.45) is 2.43. The zero-order chi connectivity index (χ0) is 25.8. The molecule has 188 valence electrons. The standard InChI is InChI=1S/C26H30N6O4/c1-15(2)10-11-28-26(33)21-22-25(31-18-9-7-6-8-17(18)30-22)32(24(21)27)29-14-16-12-19(34-3)23(36-5)20(13-16)35-4/h6-9,12-15H,10-11,27H2,1-5H3,(H,28,33)/b29-14+. The van der Waals surface area contributed by atoms with E-state index < -0.39 is 0 Å². The highest BCUT2D eigenvalue weighted by atomic mass is 16.5. The van der Waals surface area contributed by atoms with Gasteiger partial charge in [-0.1, -0.05) is 26.0 Å². The molecule has 0 fully saturated rings. The van der Waals surface area contributed by atoms with E-state index in [1.807, 2.05) is 24.3 Å². The van der Waals surface area contributed by atoms with Gasteiger partial charge in [0.25, 0.3) is 5.91 Å². The molecule has 3 N–H and O–H groups in total. The first kappa shape index (κ1) is 24.8. The average molecular weight is 491 g/mol. The fraction of sp³-hybridized carbons (Fsp3) is 0.308. The van der Waals surface area contributed by atoms with Crippen LogP contribution >= 0.6 is 0 Å². The number of nitrogen functional groups attached to an aromatic ring is 1. The molecule has 0 aliphatic heterocycles. The number of ether oxygens (including phenoxy) is 3. The quantitative estimate of drug-likeness (QED) is 0.341. The minimum atomic E-state index is -0.315. The van der Waals surface area contributed by atoms with E-state index in [1.54, 1.807) is 32.6 Å². The van der Waals surface area contributed by atoms with Crippen LogP contribution < -0.4 is 25.3 Å². The highest BCUT2D eigenvalue weighted by Gasteiger charge is 2.24. The Hall–Kier alpha value is -4.34. The van der Waals surface area contributed by atoms with E-state index in [2.05, 4.69) is 24.3 Å². The molecule has 0 spiro atoms. The Bertz CT molecular complexity index is 1420. The number of rotatable bonds is 9. The molecule has 4 aromatic rings. The number of anilines is 1. The van der Waals surface area contributed by atoms with Crippen molar-refractivity contribution in [1.82, 2.24) is 20.0 Å². The van der Waals surface area contributed by atoms with Crippen LogP contribution in [-0.2, 0) is 0 Å². The number of nitrogens with one attached hydrogen (secondary N) is 1. The van der Waals surface area contributed by atoms with Crippen LogP contribution in [0.25, 0.3) is 22.2 Å². The Morgan fingerprint density at radius 2 is 1.72 bits per heavy atom. The number of amides is 1. The fourth-order valence-electron chi connectivity index (χ4n) is 3.85. The average Bonchev–Trinajstić information content (AvgIpc) is 3.14. The molecule has 0 aliphatic carbocycles. The van der Waals surface area contributed by atoms with Gasteiger partial charge in [0.2, 0.25) is 5.75 Å². The number of nitrogens with zero attached hydrogens (tertiary/aromatic N) is 4. The van der Waals surface area contributed by atoms with E-state index in [9.17, 15) is 4.79 Å². The summed E-state index contributed by atoms with van der Waals surface area (Å²) in [7, 11) is 4.62. The second-order valence-corrected chi connectivity index (χ2v) is 8.60. The summed E-state index contributed by atoms with van der Waals surface area (Å²) in [4.78, 5) is 22.6. The van der Waals surface area contributed by atoms with E-state index in [-0.39, 0.29) is 17.3 Å². The number of methoxy groups -OCH3 is 3. The molecule has 10 nitrogen and oxygen atoms in total. The van der Waals surface area contributed by atoms with Crippen molar-refractivity contribution in [2.75, 3.05) is 33.6 Å². The number of aromatic nitrogens is 3. The summed E-state index contributed by atoms with van der Waals surface area (Å²) in [6.45, 7) is 4.72. The van der Waals surface area contributed by atoms with Crippen molar-refractivity contribution in [3.63, 3.8) is 0 Å². The molecule has 10 heteroatoms. The van der Waals surface area contributed by atoms with Crippen LogP contribution in [0.3, 0.4) is 0 Å². The van der Waals surface area contributed by atoms with Crippen LogP contribution in [0.2, 0.25) is 0 Å². The lowest BCUT2D eigenvalue weighted by molar-refractivity contribution is 0.0954. The van der Waals surface area contributed by atoms with Gasteiger partial charge in [-0.3, -0.25) is 4.79 Å². The zero-order valence-electron chi connectivity index (χ0n) is 21.0. The van der Waals surface area contributed by atoms with Crippen molar-refractivity contribution < 1.29 is 19.0 Å². The maximum atomic E-state index is 13.2. The second kappa shape index (κ2) is 10.5. The van der Waals surface area contributed by atoms with E-state index in [0.717, 1.165) is 6.42 Å².